The maximum Gasteiger partial charge on any atom is -0.00141 e. The highest BCUT2D eigenvalue weighted by molar-refractivity contribution is 6.32. The van der Waals surface area contributed by atoms with Crippen molar-refractivity contribution >= 4 is 55.2 Å². The molecule has 0 aromatic heterocycles. The number of benzene rings is 5. The van der Waals surface area contributed by atoms with Crippen LogP contribution in [0.1, 0.15) is 12.0 Å². The van der Waals surface area contributed by atoms with Gasteiger partial charge in [0, 0.05) is 0 Å². The SMILES string of the molecule is C1=Cc2ccc3cc4cccc5ccc6cc(c2c3c6c54)=CC1. The van der Waals surface area contributed by atoms with E-state index >= 15 is 0 Å². The van der Waals surface area contributed by atoms with Crippen molar-refractivity contribution in [2.75, 3.05) is 0 Å². The van der Waals surface area contributed by atoms with Crippen molar-refractivity contribution in [3.63, 3.8) is 0 Å². The summed E-state index contributed by atoms with van der Waals surface area (Å²) in [6.07, 6.45) is 7.90. The molecule has 0 radical (unpaired) electrons. The number of hydrogen-bond acceptors (Lipinski definition) is 0. The largest absolute Gasteiger partial charge is 0.0801 e. The van der Waals surface area contributed by atoms with Crippen LogP contribution in [-0.2, 0) is 0 Å². The first-order valence-electron chi connectivity index (χ1n) is 8.20. The maximum atomic E-state index is 2.37. The van der Waals surface area contributed by atoms with E-state index in [2.05, 4.69) is 72.8 Å². The van der Waals surface area contributed by atoms with Crippen molar-refractivity contribution in [3.05, 3.63) is 71.5 Å². The quantitative estimate of drug-likeness (QED) is 0.255. The van der Waals surface area contributed by atoms with E-state index in [-0.39, 0.29) is 0 Å². The van der Waals surface area contributed by atoms with Crippen molar-refractivity contribution in [3.8, 4) is 0 Å². The average molecular weight is 290 g/mol. The lowest BCUT2D eigenvalue weighted by atomic mass is 9.87. The van der Waals surface area contributed by atoms with Crippen LogP contribution >= 0.6 is 0 Å². The van der Waals surface area contributed by atoms with Crippen molar-refractivity contribution in [2.24, 2.45) is 0 Å². The second-order valence-electron chi connectivity index (χ2n) is 6.56. The first kappa shape index (κ1) is 11.7. The molecule has 0 bridgehead atoms. The fraction of sp³-hybridized carbons (Fsp3) is 0.0435. The molecule has 0 nitrogen and oxygen atoms in total. The number of hydrogen-bond donors (Lipinski definition) is 0. The van der Waals surface area contributed by atoms with Crippen LogP contribution in [0.15, 0.2) is 60.7 Å². The molecule has 6 rings (SSSR count). The topological polar surface area (TPSA) is 0 Å². The summed E-state index contributed by atoms with van der Waals surface area (Å²) >= 11 is 0. The van der Waals surface area contributed by atoms with E-state index in [9.17, 15) is 0 Å². The highest BCUT2D eigenvalue weighted by Crippen LogP contribution is 2.39. The molecule has 106 valence electrons. The average Bonchev–Trinajstić information content (AvgIpc) is 2.80. The van der Waals surface area contributed by atoms with Crippen molar-refractivity contribution in [1.29, 1.82) is 0 Å². The molecule has 0 aliphatic heterocycles. The van der Waals surface area contributed by atoms with E-state index < -0.39 is 0 Å². The summed E-state index contributed by atoms with van der Waals surface area (Å²) < 4.78 is 0. The summed E-state index contributed by atoms with van der Waals surface area (Å²) in [5.74, 6) is 0. The zero-order chi connectivity index (χ0) is 15.0. The van der Waals surface area contributed by atoms with Gasteiger partial charge in [-0.1, -0.05) is 60.7 Å². The third-order valence-corrected chi connectivity index (χ3v) is 5.31. The Bertz CT molecular complexity index is 1320. The second kappa shape index (κ2) is 3.91. The minimum absolute atomic E-state index is 1.01. The molecule has 5 aromatic carbocycles. The van der Waals surface area contributed by atoms with Crippen molar-refractivity contribution < 1.29 is 0 Å². The Labute approximate surface area is 133 Å². The molecular weight excluding hydrogens is 276 g/mol. The molecule has 0 saturated heterocycles. The van der Waals surface area contributed by atoms with Crippen LogP contribution in [0.4, 0.5) is 0 Å². The zero-order valence-corrected chi connectivity index (χ0v) is 12.6. The monoisotopic (exact) mass is 290 g/mol. The third-order valence-electron chi connectivity index (χ3n) is 5.31. The summed E-state index contributed by atoms with van der Waals surface area (Å²) in [4.78, 5) is 0. The van der Waals surface area contributed by atoms with E-state index in [1.807, 2.05) is 0 Å². The maximum absolute atomic E-state index is 2.37. The highest BCUT2D eigenvalue weighted by atomic mass is 14.2. The molecule has 0 fully saturated rings. The summed E-state index contributed by atoms with van der Waals surface area (Å²) in [5.41, 5.74) is 1.35. The van der Waals surface area contributed by atoms with E-state index in [1.54, 1.807) is 0 Å². The molecule has 0 heterocycles. The van der Waals surface area contributed by atoms with E-state index in [4.69, 9.17) is 0 Å². The lowest BCUT2D eigenvalue weighted by Gasteiger charge is -2.16. The lowest BCUT2D eigenvalue weighted by molar-refractivity contribution is 1.51. The Hall–Kier alpha value is -2.86. The van der Waals surface area contributed by atoms with Crippen LogP contribution in [0.3, 0.4) is 0 Å². The fourth-order valence-corrected chi connectivity index (χ4v) is 4.37. The summed E-state index contributed by atoms with van der Waals surface area (Å²) in [6.45, 7) is 0. The third kappa shape index (κ3) is 1.37. The van der Waals surface area contributed by atoms with Gasteiger partial charge < -0.3 is 0 Å². The van der Waals surface area contributed by atoms with Gasteiger partial charge in [-0.25, -0.2) is 0 Å². The Kier molecular flexibility index (Phi) is 1.98. The summed E-state index contributed by atoms with van der Waals surface area (Å²) in [7, 11) is 0. The van der Waals surface area contributed by atoms with Gasteiger partial charge in [-0.05, 0) is 72.4 Å². The highest BCUT2D eigenvalue weighted by Gasteiger charge is 2.15. The first-order chi connectivity index (χ1) is 11.4. The van der Waals surface area contributed by atoms with Gasteiger partial charge in [0.1, 0.15) is 0 Å². The van der Waals surface area contributed by atoms with Gasteiger partial charge in [-0.15, -0.1) is 0 Å². The smallest absolute Gasteiger partial charge is 0.00141 e. The Morgan fingerprint density at radius 1 is 0.609 bits per heavy atom. The summed E-state index contributed by atoms with van der Waals surface area (Å²) in [5, 5.41) is 12.5. The molecular formula is C23H14. The standard InChI is InChI=1S/C23H14/c1-2-5-16-12-18-11-9-15-6-3-7-17-13-19-10-8-14(4-1)20(16)22(19)23(18)21(15)17/h1,3-13H,2H2. The summed E-state index contributed by atoms with van der Waals surface area (Å²) in [6, 6.07) is 20.5. The molecule has 0 N–H and O–H groups in total. The normalized spacial score (nSPS) is 14.1. The van der Waals surface area contributed by atoms with Gasteiger partial charge in [-0.3, -0.25) is 0 Å². The van der Waals surface area contributed by atoms with Gasteiger partial charge in [0.15, 0.2) is 0 Å². The lowest BCUT2D eigenvalue weighted by Crippen LogP contribution is -2.04. The van der Waals surface area contributed by atoms with Crippen molar-refractivity contribution in [2.45, 2.75) is 6.42 Å². The zero-order valence-electron chi connectivity index (χ0n) is 12.6. The predicted molar refractivity (Wildman–Crippen MR) is 101 cm³/mol. The van der Waals surface area contributed by atoms with Gasteiger partial charge in [0.2, 0.25) is 0 Å². The minimum Gasteiger partial charge on any atom is -0.0801 e. The van der Waals surface area contributed by atoms with E-state index in [1.165, 1.54) is 53.9 Å². The molecule has 0 heteroatoms. The molecule has 0 amide bonds. The molecule has 1 aliphatic rings. The van der Waals surface area contributed by atoms with Crippen LogP contribution in [0.5, 0.6) is 0 Å². The van der Waals surface area contributed by atoms with Gasteiger partial charge in [0.25, 0.3) is 0 Å². The molecule has 0 saturated carbocycles. The molecule has 5 aromatic rings. The minimum atomic E-state index is 1.01. The van der Waals surface area contributed by atoms with Gasteiger partial charge >= 0.3 is 0 Å². The Morgan fingerprint density at radius 2 is 1.35 bits per heavy atom. The van der Waals surface area contributed by atoms with Crippen LogP contribution in [0.2, 0.25) is 0 Å². The Balaban J connectivity index is 2.10. The number of rotatable bonds is 0. The molecule has 23 heavy (non-hydrogen) atoms. The van der Waals surface area contributed by atoms with Gasteiger partial charge in [-0.2, -0.15) is 0 Å². The molecule has 0 spiro atoms. The fourth-order valence-electron chi connectivity index (χ4n) is 4.37. The first-order valence-corrected chi connectivity index (χ1v) is 8.20. The van der Waals surface area contributed by atoms with Crippen molar-refractivity contribution in [1.82, 2.24) is 0 Å². The molecule has 1 aliphatic carbocycles. The molecule has 0 unspecified atom stereocenters. The Morgan fingerprint density at radius 3 is 2.35 bits per heavy atom. The molecule has 0 atom stereocenters. The van der Waals surface area contributed by atoms with E-state index in [0.29, 0.717) is 0 Å². The van der Waals surface area contributed by atoms with Crippen LogP contribution < -0.4 is 5.22 Å². The van der Waals surface area contributed by atoms with Crippen LogP contribution in [0.25, 0.3) is 55.2 Å². The van der Waals surface area contributed by atoms with Crippen LogP contribution in [0, 0.1) is 0 Å². The number of allylic oxidation sites excluding steroid dienone is 1. The van der Waals surface area contributed by atoms with Crippen LogP contribution in [-0.4, -0.2) is 0 Å². The predicted octanol–water partition coefficient (Wildman–Crippen LogP) is 5.65. The van der Waals surface area contributed by atoms with Gasteiger partial charge in [0.05, 0.1) is 0 Å². The second-order valence-corrected chi connectivity index (χ2v) is 6.56. The van der Waals surface area contributed by atoms with E-state index in [0.717, 1.165) is 6.42 Å².